The van der Waals surface area contributed by atoms with Gasteiger partial charge >= 0.3 is 6.36 Å². The molecule has 0 aliphatic carbocycles. The molecule has 3 nitrogen and oxygen atoms in total. The summed E-state index contributed by atoms with van der Waals surface area (Å²) in [6.07, 6.45) is -2.34. The van der Waals surface area contributed by atoms with Gasteiger partial charge in [0, 0.05) is 18.3 Å². The van der Waals surface area contributed by atoms with Gasteiger partial charge < -0.3 is 15.4 Å². The zero-order valence-corrected chi connectivity index (χ0v) is 9.76. The smallest absolute Gasteiger partial charge is 0.406 e. The summed E-state index contributed by atoms with van der Waals surface area (Å²) in [6.45, 7) is 1.81. The molecule has 1 aliphatic rings. The molecule has 0 radical (unpaired) electrons. The van der Waals surface area contributed by atoms with E-state index in [1.54, 1.807) is 12.1 Å². The molecule has 1 aromatic carbocycles. The van der Waals surface area contributed by atoms with Gasteiger partial charge in [-0.05, 0) is 43.7 Å². The zero-order chi connectivity index (χ0) is 13.0. The van der Waals surface area contributed by atoms with Crippen molar-refractivity contribution in [3.05, 3.63) is 24.3 Å². The molecule has 0 amide bonds. The van der Waals surface area contributed by atoms with Gasteiger partial charge in [-0.25, -0.2) is 0 Å². The van der Waals surface area contributed by atoms with Gasteiger partial charge in [-0.15, -0.1) is 13.2 Å². The van der Waals surface area contributed by atoms with Crippen LogP contribution in [0.15, 0.2) is 24.3 Å². The van der Waals surface area contributed by atoms with E-state index in [1.807, 2.05) is 0 Å². The van der Waals surface area contributed by atoms with Crippen molar-refractivity contribution in [2.24, 2.45) is 0 Å². The van der Waals surface area contributed by atoms with Gasteiger partial charge in [-0.2, -0.15) is 0 Å². The first-order valence-corrected chi connectivity index (χ1v) is 5.86. The van der Waals surface area contributed by atoms with Crippen LogP contribution in [-0.2, 0) is 0 Å². The molecule has 0 bridgehead atoms. The van der Waals surface area contributed by atoms with E-state index in [0.29, 0.717) is 6.04 Å². The molecule has 18 heavy (non-hydrogen) atoms. The van der Waals surface area contributed by atoms with Crippen molar-refractivity contribution >= 4 is 5.69 Å². The summed E-state index contributed by atoms with van der Waals surface area (Å²) in [5.74, 6) is -0.202. The van der Waals surface area contributed by atoms with Gasteiger partial charge in [0.2, 0.25) is 0 Å². The third-order valence-electron chi connectivity index (χ3n) is 2.80. The van der Waals surface area contributed by atoms with E-state index < -0.39 is 6.36 Å². The van der Waals surface area contributed by atoms with E-state index in [4.69, 9.17) is 0 Å². The van der Waals surface area contributed by atoms with Gasteiger partial charge in [0.05, 0.1) is 0 Å². The van der Waals surface area contributed by atoms with Crippen LogP contribution in [0.4, 0.5) is 18.9 Å². The summed E-state index contributed by atoms with van der Waals surface area (Å²) in [7, 11) is 0. The van der Waals surface area contributed by atoms with Crippen LogP contribution in [-0.4, -0.2) is 25.5 Å². The van der Waals surface area contributed by atoms with Crippen molar-refractivity contribution in [3.8, 4) is 5.75 Å². The number of ether oxygens (including phenoxy) is 1. The van der Waals surface area contributed by atoms with Crippen LogP contribution < -0.4 is 15.4 Å². The molecule has 0 spiro atoms. The van der Waals surface area contributed by atoms with Crippen LogP contribution in [0.1, 0.15) is 12.8 Å². The second-order valence-electron chi connectivity index (χ2n) is 4.25. The van der Waals surface area contributed by atoms with Crippen molar-refractivity contribution in [3.63, 3.8) is 0 Å². The number of hydrogen-bond donors (Lipinski definition) is 2. The van der Waals surface area contributed by atoms with Crippen LogP contribution in [0.2, 0.25) is 0 Å². The predicted molar refractivity (Wildman–Crippen MR) is 62.6 cm³/mol. The van der Waals surface area contributed by atoms with Crippen LogP contribution in [0.25, 0.3) is 0 Å². The first-order valence-electron chi connectivity index (χ1n) is 5.86. The topological polar surface area (TPSA) is 33.3 Å². The van der Waals surface area contributed by atoms with E-state index in [-0.39, 0.29) is 5.75 Å². The average Bonchev–Trinajstić information content (AvgIpc) is 2.79. The van der Waals surface area contributed by atoms with Crippen LogP contribution >= 0.6 is 0 Å². The fraction of sp³-hybridized carbons (Fsp3) is 0.500. The molecule has 1 saturated heterocycles. The van der Waals surface area contributed by atoms with Crippen LogP contribution in [0.3, 0.4) is 0 Å². The Kier molecular flexibility index (Phi) is 3.96. The predicted octanol–water partition coefficient (Wildman–Crippen LogP) is 2.75. The standard InChI is InChI=1S/C12H15F3N2O/c13-12(14,15)18-11-5-3-9(4-6-11)17-8-10-2-1-7-16-10/h3-6,10,16-17H,1-2,7-8H2. The third-order valence-corrected chi connectivity index (χ3v) is 2.80. The van der Waals surface area contributed by atoms with E-state index in [9.17, 15) is 13.2 Å². The second-order valence-corrected chi connectivity index (χ2v) is 4.25. The van der Waals surface area contributed by atoms with Crippen LogP contribution in [0, 0.1) is 0 Å². The van der Waals surface area contributed by atoms with E-state index in [2.05, 4.69) is 15.4 Å². The summed E-state index contributed by atoms with van der Waals surface area (Å²) in [6, 6.07) is 6.21. The minimum absolute atomic E-state index is 0.202. The minimum atomic E-state index is -4.64. The molecule has 6 heteroatoms. The number of rotatable bonds is 4. The summed E-state index contributed by atoms with van der Waals surface area (Å²) in [5, 5.41) is 6.51. The van der Waals surface area contributed by atoms with Crippen molar-refractivity contribution in [2.75, 3.05) is 18.4 Å². The fourth-order valence-electron chi connectivity index (χ4n) is 1.95. The number of hydrogen-bond acceptors (Lipinski definition) is 3. The molecule has 100 valence electrons. The largest absolute Gasteiger partial charge is 0.573 e. The highest BCUT2D eigenvalue weighted by molar-refractivity contribution is 5.46. The average molecular weight is 260 g/mol. The highest BCUT2D eigenvalue weighted by atomic mass is 19.4. The fourth-order valence-corrected chi connectivity index (χ4v) is 1.95. The Morgan fingerprint density at radius 3 is 2.56 bits per heavy atom. The van der Waals surface area contributed by atoms with E-state index in [0.717, 1.165) is 25.2 Å². The van der Waals surface area contributed by atoms with E-state index >= 15 is 0 Å². The molecule has 1 aromatic rings. The monoisotopic (exact) mass is 260 g/mol. The number of nitrogens with one attached hydrogen (secondary N) is 2. The normalized spacial score (nSPS) is 19.8. The molecule has 1 fully saturated rings. The summed E-state index contributed by atoms with van der Waals surface area (Å²) >= 11 is 0. The lowest BCUT2D eigenvalue weighted by Crippen LogP contribution is -2.29. The second kappa shape index (κ2) is 5.48. The summed E-state index contributed by atoms with van der Waals surface area (Å²) < 4.78 is 39.6. The lowest BCUT2D eigenvalue weighted by molar-refractivity contribution is -0.274. The molecule has 1 unspecified atom stereocenters. The Bertz CT molecular complexity index is 372. The number of anilines is 1. The third kappa shape index (κ3) is 4.10. The van der Waals surface area contributed by atoms with Gasteiger partial charge in [0.15, 0.2) is 0 Å². The van der Waals surface area contributed by atoms with Crippen molar-refractivity contribution in [2.45, 2.75) is 25.2 Å². The lowest BCUT2D eigenvalue weighted by Gasteiger charge is -2.13. The first-order chi connectivity index (χ1) is 8.53. The van der Waals surface area contributed by atoms with Crippen molar-refractivity contribution < 1.29 is 17.9 Å². The van der Waals surface area contributed by atoms with Crippen LogP contribution in [0.5, 0.6) is 5.75 Å². The quantitative estimate of drug-likeness (QED) is 0.873. The minimum Gasteiger partial charge on any atom is -0.406 e. The Balaban J connectivity index is 1.83. The Morgan fingerprint density at radius 1 is 1.28 bits per heavy atom. The molecule has 1 aliphatic heterocycles. The van der Waals surface area contributed by atoms with Crippen molar-refractivity contribution in [1.29, 1.82) is 0 Å². The Morgan fingerprint density at radius 2 is 2.00 bits per heavy atom. The van der Waals surface area contributed by atoms with Crippen molar-refractivity contribution in [1.82, 2.24) is 5.32 Å². The zero-order valence-electron chi connectivity index (χ0n) is 9.76. The Hall–Kier alpha value is -1.43. The summed E-state index contributed by atoms with van der Waals surface area (Å²) in [5.41, 5.74) is 0.790. The molecule has 2 N–H and O–H groups in total. The lowest BCUT2D eigenvalue weighted by atomic mass is 10.2. The SMILES string of the molecule is FC(F)(F)Oc1ccc(NCC2CCCN2)cc1. The number of alkyl halides is 3. The maximum Gasteiger partial charge on any atom is 0.573 e. The van der Waals surface area contributed by atoms with Gasteiger partial charge in [-0.3, -0.25) is 0 Å². The van der Waals surface area contributed by atoms with E-state index in [1.165, 1.54) is 18.6 Å². The first kappa shape index (κ1) is 13.0. The highest BCUT2D eigenvalue weighted by Crippen LogP contribution is 2.24. The highest BCUT2D eigenvalue weighted by Gasteiger charge is 2.30. The van der Waals surface area contributed by atoms with Gasteiger partial charge in [-0.1, -0.05) is 0 Å². The molecule has 1 heterocycles. The number of halogens is 3. The molecular weight excluding hydrogens is 245 g/mol. The maximum absolute atomic E-state index is 11.9. The molecular formula is C12H15F3N2O. The molecule has 0 aromatic heterocycles. The number of benzene rings is 1. The molecule has 0 saturated carbocycles. The Labute approximate surface area is 103 Å². The van der Waals surface area contributed by atoms with Gasteiger partial charge in [0.25, 0.3) is 0 Å². The molecule has 2 rings (SSSR count). The summed E-state index contributed by atoms with van der Waals surface area (Å²) in [4.78, 5) is 0. The molecule has 1 atom stereocenters. The van der Waals surface area contributed by atoms with Gasteiger partial charge in [0.1, 0.15) is 5.75 Å². The maximum atomic E-state index is 11.9.